The van der Waals surface area contributed by atoms with Crippen LogP contribution in [0.25, 0.3) is 0 Å². The van der Waals surface area contributed by atoms with Crippen LogP contribution in [-0.2, 0) is 4.79 Å². The minimum absolute atomic E-state index is 0.121. The maximum atomic E-state index is 12.6. The molecule has 3 nitrogen and oxygen atoms in total. The quantitative estimate of drug-likeness (QED) is 0.886. The Morgan fingerprint density at radius 1 is 1.19 bits per heavy atom. The normalized spacial score (nSPS) is 22.9. The predicted octanol–water partition coefficient (Wildman–Crippen LogP) is 4.21. The summed E-state index contributed by atoms with van der Waals surface area (Å²) in [6.07, 6.45) is 4.22. The fraction of sp³-hybridized carbons (Fsp3) is 0.611. The zero-order valence-electron chi connectivity index (χ0n) is 13.6. The molecule has 1 aromatic rings. The van der Waals surface area contributed by atoms with Crippen LogP contribution in [0.4, 0.5) is 5.69 Å². The second kappa shape index (κ2) is 6.08. The summed E-state index contributed by atoms with van der Waals surface area (Å²) in [5.74, 6) is 1.21. The summed E-state index contributed by atoms with van der Waals surface area (Å²) in [6.45, 7) is 6.87. The fourth-order valence-corrected chi connectivity index (χ4v) is 3.31. The van der Waals surface area contributed by atoms with Crippen molar-refractivity contribution in [3.05, 3.63) is 24.3 Å². The van der Waals surface area contributed by atoms with Crippen molar-refractivity contribution in [2.75, 3.05) is 11.9 Å². The summed E-state index contributed by atoms with van der Waals surface area (Å²) in [7, 11) is 1.80. The Bertz CT molecular complexity index is 496. The van der Waals surface area contributed by atoms with Crippen LogP contribution in [0.5, 0.6) is 5.75 Å². The van der Waals surface area contributed by atoms with E-state index in [1.807, 2.05) is 6.07 Å². The molecule has 1 N–H and O–H groups in total. The van der Waals surface area contributed by atoms with Gasteiger partial charge in [0.1, 0.15) is 5.75 Å². The van der Waals surface area contributed by atoms with Gasteiger partial charge in [-0.2, -0.15) is 0 Å². The first-order valence-electron chi connectivity index (χ1n) is 7.85. The van der Waals surface area contributed by atoms with E-state index in [9.17, 15) is 9.90 Å². The largest absolute Gasteiger partial charge is 0.508 e. The molecule has 0 atom stereocenters. The third-order valence-electron chi connectivity index (χ3n) is 4.85. The van der Waals surface area contributed by atoms with Gasteiger partial charge in [-0.05, 0) is 49.1 Å². The maximum Gasteiger partial charge on any atom is 0.229 e. The minimum Gasteiger partial charge on any atom is -0.508 e. The number of phenols is 1. The number of amides is 1. The zero-order chi connectivity index (χ0) is 15.6. The summed E-state index contributed by atoms with van der Waals surface area (Å²) in [5, 5.41) is 9.54. The molecule has 0 heterocycles. The average molecular weight is 289 g/mol. The first kappa shape index (κ1) is 15.9. The highest BCUT2D eigenvalue weighted by atomic mass is 16.3. The molecule has 0 radical (unpaired) electrons. The Morgan fingerprint density at radius 2 is 1.81 bits per heavy atom. The van der Waals surface area contributed by atoms with Crippen molar-refractivity contribution in [3.63, 3.8) is 0 Å². The smallest absolute Gasteiger partial charge is 0.229 e. The van der Waals surface area contributed by atoms with Gasteiger partial charge in [0.15, 0.2) is 0 Å². The molecular formula is C18H27NO2. The molecule has 3 heteroatoms. The van der Waals surface area contributed by atoms with E-state index in [-0.39, 0.29) is 17.6 Å². The van der Waals surface area contributed by atoms with Crippen LogP contribution in [0.1, 0.15) is 46.5 Å². The van der Waals surface area contributed by atoms with E-state index in [2.05, 4.69) is 20.8 Å². The molecule has 116 valence electrons. The van der Waals surface area contributed by atoms with Gasteiger partial charge in [0, 0.05) is 24.7 Å². The van der Waals surface area contributed by atoms with Crippen molar-refractivity contribution in [1.29, 1.82) is 0 Å². The molecule has 2 rings (SSSR count). The lowest BCUT2D eigenvalue weighted by Gasteiger charge is -2.37. The number of rotatable bonds is 2. The molecule has 1 aliphatic carbocycles. The third-order valence-corrected chi connectivity index (χ3v) is 4.85. The first-order valence-corrected chi connectivity index (χ1v) is 7.85. The highest BCUT2D eigenvalue weighted by Gasteiger charge is 2.33. The van der Waals surface area contributed by atoms with Crippen LogP contribution >= 0.6 is 0 Å². The molecule has 21 heavy (non-hydrogen) atoms. The minimum atomic E-state index is 0.121. The molecule has 0 bridgehead atoms. The molecule has 0 spiro atoms. The lowest BCUT2D eigenvalue weighted by molar-refractivity contribution is -0.123. The van der Waals surface area contributed by atoms with Crippen LogP contribution in [0, 0.1) is 17.3 Å². The molecule has 0 saturated heterocycles. The number of carbonyl (C=O) groups excluding carboxylic acids is 1. The van der Waals surface area contributed by atoms with Gasteiger partial charge in [0.2, 0.25) is 5.91 Å². The van der Waals surface area contributed by atoms with Gasteiger partial charge in [0.05, 0.1) is 0 Å². The number of phenolic OH excluding ortho intramolecular Hbond substituents is 1. The van der Waals surface area contributed by atoms with Crippen molar-refractivity contribution in [3.8, 4) is 5.75 Å². The Balaban J connectivity index is 1.99. The highest BCUT2D eigenvalue weighted by Crippen LogP contribution is 2.40. The van der Waals surface area contributed by atoms with Crippen molar-refractivity contribution < 1.29 is 9.90 Å². The second-order valence-electron chi connectivity index (χ2n) is 7.33. The van der Waals surface area contributed by atoms with Gasteiger partial charge in [-0.25, -0.2) is 0 Å². The Kier molecular flexibility index (Phi) is 4.60. The Morgan fingerprint density at radius 3 is 2.33 bits per heavy atom. The summed E-state index contributed by atoms with van der Waals surface area (Å²) in [4.78, 5) is 14.3. The van der Waals surface area contributed by atoms with E-state index in [4.69, 9.17) is 0 Å². The van der Waals surface area contributed by atoms with Crippen LogP contribution in [0.2, 0.25) is 0 Å². The maximum absolute atomic E-state index is 12.6. The SMILES string of the molecule is CN(C(=O)C1CCC(C(C)(C)C)CC1)c1cccc(O)c1. The van der Waals surface area contributed by atoms with Crippen LogP contribution in [-0.4, -0.2) is 18.1 Å². The zero-order valence-corrected chi connectivity index (χ0v) is 13.6. The summed E-state index contributed by atoms with van der Waals surface area (Å²) in [5.41, 5.74) is 1.10. The van der Waals surface area contributed by atoms with E-state index in [0.29, 0.717) is 11.3 Å². The summed E-state index contributed by atoms with van der Waals surface area (Å²) >= 11 is 0. The molecule has 0 aliphatic heterocycles. The highest BCUT2D eigenvalue weighted by molar-refractivity contribution is 5.94. The average Bonchev–Trinajstić information content (AvgIpc) is 2.45. The Labute approximate surface area is 128 Å². The van der Waals surface area contributed by atoms with Gasteiger partial charge < -0.3 is 10.0 Å². The lowest BCUT2D eigenvalue weighted by atomic mass is 9.69. The third kappa shape index (κ3) is 3.78. The van der Waals surface area contributed by atoms with E-state index >= 15 is 0 Å². The van der Waals surface area contributed by atoms with Gasteiger partial charge >= 0.3 is 0 Å². The monoisotopic (exact) mass is 289 g/mol. The standard InChI is InChI=1S/C18H27NO2/c1-18(2,3)14-10-8-13(9-11-14)17(21)19(4)15-6-5-7-16(20)12-15/h5-7,12-14,20H,8-11H2,1-4H3. The Hall–Kier alpha value is -1.51. The topological polar surface area (TPSA) is 40.5 Å². The molecule has 1 amide bonds. The molecule has 0 unspecified atom stereocenters. The van der Waals surface area contributed by atoms with Crippen molar-refractivity contribution in [1.82, 2.24) is 0 Å². The van der Waals surface area contributed by atoms with Gasteiger partial charge in [-0.1, -0.05) is 26.8 Å². The molecule has 0 aromatic heterocycles. The first-order chi connectivity index (χ1) is 9.79. The molecule has 1 fully saturated rings. The molecule has 1 saturated carbocycles. The van der Waals surface area contributed by atoms with E-state index in [1.165, 1.54) is 0 Å². The number of aromatic hydroxyl groups is 1. The van der Waals surface area contributed by atoms with Crippen molar-refractivity contribution in [2.45, 2.75) is 46.5 Å². The lowest BCUT2D eigenvalue weighted by Crippen LogP contribution is -2.36. The number of carbonyl (C=O) groups is 1. The number of benzene rings is 1. The van der Waals surface area contributed by atoms with Gasteiger partial charge in [-0.3, -0.25) is 4.79 Å². The second-order valence-corrected chi connectivity index (χ2v) is 7.33. The van der Waals surface area contributed by atoms with Crippen LogP contribution in [0.3, 0.4) is 0 Å². The van der Waals surface area contributed by atoms with Crippen LogP contribution < -0.4 is 4.90 Å². The molecule has 1 aliphatic rings. The van der Waals surface area contributed by atoms with Gasteiger partial charge in [-0.15, -0.1) is 0 Å². The molecule has 1 aromatic carbocycles. The molecular weight excluding hydrogens is 262 g/mol. The van der Waals surface area contributed by atoms with E-state index in [1.54, 1.807) is 30.1 Å². The van der Waals surface area contributed by atoms with Crippen LogP contribution in [0.15, 0.2) is 24.3 Å². The summed E-state index contributed by atoms with van der Waals surface area (Å²) < 4.78 is 0. The van der Waals surface area contributed by atoms with Crippen molar-refractivity contribution >= 4 is 11.6 Å². The predicted molar refractivity (Wildman–Crippen MR) is 86.4 cm³/mol. The summed E-state index contributed by atoms with van der Waals surface area (Å²) in [6, 6.07) is 6.89. The number of hydrogen-bond acceptors (Lipinski definition) is 2. The number of hydrogen-bond donors (Lipinski definition) is 1. The fourth-order valence-electron chi connectivity index (χ4n) is 3.31. The van der Waals surface area contributed by atoms with Crippen molar-refractivity contribution in [2.24, 2.45) is 17.3 Å². The number of anilines is 1. The van der Waals surface area contributed by atoms with E-state index < -0.39 is 0 Å². The number of nitrogens with zero attached hydrogens (tertiary/aromatic N) is 1. The van der Waals surface area contributed by atoms with Gasteiger partial charge in [0.25, 0.3) is 0 Å². The van der Waals surface area contributed by atoms with E-state index in [0.717, 1.165) is 31.4 Å².